The number of rotatable bonds is 14. The van der Waals surface area contributed by atoms with Gasteiger partial charge in [0.1, 0.15) is 5.82 Å². The standard InChI is InChI=1S/C39H46BrFN2O8/c1-5-47-33-14-11-25(19-34(33)48-6-2)18-32-29-22-36(50-8-4)35(49-7-3)21-26(29)15-17-43(32)37(44)24-51-39(46)28-10-9-16-42(23-28)38(45)27-12-13-30(40)31(41)20-27/h11-14,19-22,28,32H,5-10,15-18,23-24H2,1-4H3. The molecule has 10 nitrogen and oxygen atoms in total. The molecule has 2 unspecified atom stereocenters. The second-order valence-electron chi connectivity index (χ2n) is 12.4. The smallest absolute Gasteiger partial charge is 0.311 e. The second-order valence-corrected chi connectivity index (χ2v) is 13.2. The van der Waals surface area contributed by atoms with Crippen LogP contribution in [0.3, 0.4) is 0 Å². The number of esters is 1. The molecule has 3 aromatic carbocycles. The summed E-state index contributed by atoms with van der Waals surface area (Å²) in [5.41, 5.74) is 3.14. The molecule has 1 fully saturated rings. The molecule has 1 saturated heterocycles. The first kappa shape index (κ1) is 37.9. The van der Waals surface area contributed by atoms with Gasteiger partial charge in [-0.1, -0.05) is 6.07 Å². The van der Waals surface area contributed by atoms with Crippen LogP contribution >= 0.6 is 15.9 Å². The van der Waals surface area contributed by atoms with E-state index in [-0.39, 0.29) is 28.4 Å². The molecule has 12 heteroatoms. The largest absolute Gasteiger partial charge is 0.490 e. The highest BCUT2D eigenvalue weighted by Gasteiger charge is 2.35. The van der Waals surface area contributed by atoms with Crippen LogP contribution in [0.4, 0.5) is 4.39 Å². The molecule has 2 heterocycles. The molecule has 51 heavy (non-hydrogen) atoms. The number of nitrogens with zero attached hydrogens (tertiary/aromatic N) is 2. The molecule has 2 amide bonds. The number of halogens is 2. The fraction of sp³-hybridized carbons (Fsp3) is 0.462. The number of ether oxygens (including phenoxy) is 5. The van der Waals surface area contributed by atoms with Gasteiger partial charge in [0.15, 0.2) is 29.6 Å². The fourth-order valence-corrected chi connectivity index (χ4v) is 6.96. The third kappa shape index (κ3) is 9.13. The van der Waals surface area contributed by atoms with Crippen molar-refractivity contribution in [2.24, 2.45) is 5.92 Å². The average Bonchev–Trinajstić information content (AvgIpc) is 3.13. The number of likely N-dealkylation sites (tertiary alicyclic amines) is 1. The molecule has 2 aliphatic rings. The van der Waals surface area contributed by atoms with Crippen molar-refractivity contribution in [2.75, 3.05) is 52.7 Å². The van der Waals surface area contributed by atoms with Crippen LogP contribution in [-0.2, 0) is 27.2 Å². The molecule has 5 rings (SSSR count). The predicted octanol–water partition coefficient (Wildman–Crippen LogP) is 6.95. The van der Waals surface area contributed by atoms with Crippen LogP contribution in [0.5, 0.6) is 23.0 Å². The number of fused-ring (bicyclic) bond motifs is 1. The Labute approximate surface area is 307 Å². The van der Waals surface area contributed by atoms with Crippen LogP contribution < -0.4 is 18.9 Å². The Balaban J connectivity index is 1.34. The lowest BCUT2D eigenvalue weighted by Gasteiger charge is -2.38. The summed E-state index contributed by atoms with van der Waals surface area (Å²) >= 11 is 3.11. The van der Waals surface area contributed by atoms with Gasteiger partial charge in [0.05, 0.1) is 42.9 Å². The maximum Gasteiger partial charge on any atom is 0.311 e. The van der Waals surface area contributed by atoms with Gasteiger partial charge < -0.3 is 33.5 Å². The van der Waals surface area contributed by atoms with Gasteiger partial charge in [0.2, 0.25) is 0 Å². The highest BCUT2D eigenvalue weighted by Crippen LogP contribution is 2.41. The van der Waals surface area contributed by atoms with Gasteiger partial charge in [0.25, 0.3) is 11.8 Å². The van der Waals surface area contributed by atoms with Crippen LogP contribution in [-0.4, -0.2) is 80.3 Å². The highest BCUT2D eigenvalue weighted by molar-refractivity contribution is 9.10. The van der Waals surface area contributed by atoms with Crippen molar-refractivity contribution in [1.82, 2.24) is 9.80 Å². The van der Waals surface area contributed by atoms with E-state index in [0.29, 0.717) is 88.2 Å². The lowest BCUT2D eigenvalue weighted by molar-refractivity contribution is -0.157. The minimum atomic E-state index is -0.597. The van der Waals surface area contributed by atoms with Crippen molar-refractivity contribution in [1.29, 1.82) is 0 Å². The molecule has 2 atom stereocenters. The van der Waals surface area contributed by atoms with Gasteiger partial charge in [-0.25, -0.2) is 4.39 Å². The van der Waals surface area contributed by atoms with Gasteiger partial charge >= 0.3 is 5.97 Å². The Morgan fingerprint density at radius 3 is 2.18 bits per heavy atom. The number of carbonyl (C=O) groups is 3. The van der Waals surface area contributed by atoms with E-state index in [9.17, 15) is 18.8 Å². The lowest BCUT2D eigenvalue weighted by Crippen LogP contribution is -2.45. The Morgan fingerprint density at radius 2 is 1.49 bits per heavy atom. The Morgan fingerprint density at radius 1 is 0.824 bits per heavy atom. The van der Waals surface area contributed by atoms with Crippen LogP contribution in [0.15, 0.2) is 53.0 Å². The summed E-state index contributed by atoms with van der Waals surface area (Å²) in [4.78, 5) is 43.7. The average molecular weight is 770 g/mol. The number of benzene rings is 3. The van der Waals surface area contributed by atoms with Gasteiger partial charge in [-0.2, -0.15) is 0 Å². The molecular formula is C39H46BrFN2O8. The van der Waals surface area contributed by atoms with E-state index >= 15 is 0 Å². The van der Waals surface area contributed by atoms with Crippen molar-refractivity contribution < 1.29 is 42.5 Å². The van der Waals surface area contributed by atoms with Gasteiger partial charge in [-0.05, 0) is 128 Å². The summed E-state index contributed by atoms with van der Waals surface area (Å²) < 4.78 is 43.6. The number of piperidine rings is 1. The van der Waals surface area contributed by atoms with E-state index in [4.69, 9.17) is 23.7 Å². The van der Waals surface area contributed by atoms with Crippen molar-refractivity contribution >= 4 is 33.7 Å². The van der Waals surface area contributed by atoms with Crippen LogP contribution in [0.1, 0.15) is 73.6 Å². The molecule has 0 radical (unpaired) electrons. The zero-order valence-corrected chi connectivity index (χ0v) is 31.3. The SMILES string of the molecule is CCOc1ccc(CC2c3cc(OCC)c(OCC)cc3CCN2C(=O)COC(=O)C2CCCN(C(=O)c3ccc(Br)c(F)c3)C2)cc1OCC. The molecule has 274 valence electrons. The van der Waals surface area contributed by atoms with Crippen molar-refractivity contribution in [3.05, 3.63) is 81.1 Å². The van der Waals surface area contributed by atoms with E-state index in [1.807, 2.05) is 58.0 Å². The summed E-state index contributed by atoms with van der Waals surface area (Å²) in [5.74, 6) is 0.201. The second kappa shape index (κ2) is 17.7. The van der Waals surface area contributed by atoms with E-state index in [1.165, 1.54) is 17.0 Å². The fourth-order valence-electron chi connectivity index (χ4n) is 6.71. The molecule has 2 aliphatic heterocycles. The number of amides is 2. The first-order valence-corrected chi connectivity index (χ1v) is 18.5. The summed E-state index contributed by atoms with van der Waals surface area (Å²) in [6.07, 6.45) is 2.16. The third-order valence-electron chi connectivity index (χ3n) is 9.07. The number of hydrogen-bond donors (Lipinski definition) is 0. The maximum atomic E-state index is 14.1. The zero-order chi connectivity index (χ0) is 36.5. The van der Waals surface area contributed by atoms with Crippen LogP contribution in [0, 0.1) is 11.7 Å². The third-order valence-corrected chi connectivity index (χ3v) is 9.71. The van der Waals surface area contributed by atoms with E-state index < -0.39 is 30.4 Å². The topological polar surface area (TPSA) is 104 Å². The molecule has 0 spiro atoms. The Bertz CT molecular complexity index is 1720. The predicted molar refractivity (Wildman–Crippen MR) is 193 cm³/mol. The zero-order valence-electron chi connectivity index (χ0n) is 29.7. The molecule has 0 bridgehead atoms. The summed E-state index contributed by atoms with van der Waals surface area (Å²) in [5, 5.41) is 0. The summed E-state index contributed by atoms with van der Waals surface area (Å²) in [7, 11) is 0. The minimum absolute atomic E-state index is 0.130. The molecule has 3 aromatic rings. The first-order chi connectivity index (χ1) is 24.7. The molecule has 0 aliphatic carbocycles. The highest BCUT2D eigenvalue weighted by atomic mass is 79.9. The molecule has 0 saturated carbocycles. The van der Waals surface area contributed by atoms with Gasteiger partial charge in [-0.15, -0.1) is 0 Å². The van der Waals surface area contributed by atoms with Gasteiger partial charge in [-0.3, -0.25) is 14.4 Å². The quantitative estimate of drug-likeness (QED) is 0.163. The monoisotopic (exact) mass is 768 g/mol. The molecular weight excluding hydrogens is 723 g/mol. The van der Waals surface area contributed by atoms with E-state index in [2.05, 4.69) is 15.9 Å². The van der Waals surface area contributed by atoms with Crippen molar-refractivity contribution in [2.45, 2.75) is 59.4 Å². The number of hydrogen-bond acceptors (Lipinski definition) is 8. The summed E-state index contributed by atoms with van der Waals surface area (Å²) in [6.45, 7) is 10.1. The van der Waals surface area contributed by atoms with Crippen LogP contribution in [0.2, 0.25) is 0 Å². The van der Waals surface area contributed by atoms with Crippen molar-refractivity contribution in [3.63, 3.8) is 0 Å². The van der Waals surface area contributed by atoms with E-state index in [0.717, 1.165) is 16.7 Å². The molecule has 0 aromatic heterocycles. The van der Waals surface area contributed by atoms with E-state index in [1.54, 1.807) is 11.0 Å². The van der Waals surface area contributed by atoms with Crippen LogP contribution in [0.25, 0.3) is 0 Å². The maximum absolute atomic E-state index is 14.1. The van der Waals surface area contributed by atoms with Crippen molar-refractivity contribution in [3.8, 4) is 23.0 Å². The van der Waals surface area contributed by atoms with Gasteiger partial charge in [0, 0.05) is 25.2 Å². The normalized spacial score (nSPS) is 17.0. The Hall–Kier alpha value is -4.32. The first-order valence-electron chi connectivity index (χ1n) is 17.7. The lowest BCUT2D eigenvalue weighted by atomic mass is 9.88. The summed E-state index contributed by atoms with van der Waals surface area (Å²) in [6, 6.07) is 13.6. The Kier molecular flexibility index (Phi) is 13.2. The number of carbonyl (C=O) groups excluding carboxylic acids is 3. The molecule has 0 N–H and O–H groups in total. The minimum Gasteiger partial charge on any atom is -0.490 e.